The summed E-state index contributed by atoms with van der Waals surface area (Å²) in [6, 6.07) is 8.29. The number of fused-ring (bicyclic) bond motifs is 1. The second-order valence-electron chi connectivity index (χ2n) is 6.51. The van der Waals surface area contributed by atoms with Crippen LogP contribution in [0.1, 0.15) is 11.4 Å². The van der Waals surface area contributed by atoms with Crippen molar-refractivity contribution < 1.29 is 4.74 Å². The zero-order chi connectivity index (χ0) is 19.1. The summed E-state index contributed by atoms with van der Waals surface area (Å²) >= 11 is 5.09. The van der Waals surface area contributed by atoms with E-state index in [1.807, 2.05) is 35.9 Å². The highest BCUT2D eigenvalue weighted by atomic mass is 79.9. The third kappa shape index (κ3) is 3.27. The number of nitrogens with one attached hydrogen (secondary N) is 1. The molecule has 1 N–H and O–H groups in total. The lowest BCUT2D eigenvalue weighted by atomic mass is 10.2. The summed E-state index contributed by atoms with van der Waals surface area (Å²) in [7, 11) is 0. The molecule has 0 amide bonds. The zero-order valence-electron chi connectivity index (χ0n) is 15.0. The molecule has 1 atom stereocenters. The molecule has 10 heteroatoms. The molecule has 5 rings (SSSR count). The molecule has 1 fully saturated rings. The van der Waals surface area contributed by atoms with E-state index in [1.54, 1.807) is 17.5 Å². The zero-order valence-corrected chi connectivity index (χ0v) is 17.4. The molecule has 1 aliphatic rings. The number of hydrogen-bond donors (Lipinski definition) is 1. The van der Waals surface area contributed by atoms with Gasteiger partial charge in [-0.25, -0.2) is 9.67 Å². The molecule has 1 aliphatic heterocycles. The maximum Gasteiger partial charge on any atom is 0.225 e. The van der Waals surface area contributed by atoms with Crippen molar-refractivity contribution in [1.29, 1.82) is 0 Å². The van der Waals surface area contributed by atoms with Gasteiger partial charge in [0.25, 0.3) is 0 Å². The van der Waals surface area contributed by atoms with E-state index in [4.69, 9.17) is 9.72 Å². The lowest BCUT2D eigenvalue weighted by Gasteiger charge is -2.10. The summed E-state index contributed by atoms with van der Waals surface area (Å²) in [4.78, 5) is 9.11. The third-order valence-electron chi connectivity index (χ3n) is 4.53. The summed E-state index contributed by atoms with van der Waals surface area (Å²) in [5.74, 6) is 0.581. The Hall–Kier alpha value is -2.43. The van der Waals surface area contributed by atoms with Gasteiger partial charge in [0.1, 0.15) is 14.6 Å². The lowest BCUT2D eigenvalue weighted by Crippen LogP contribution is -2.20. The molecule has 0 spiro atoms. The summed E-state index contributed by atoms with van der Waals surface area (Å²) in [6.45, 7) is 3.40. The molecule has 8 nitrogen and oxygen atoms in total. The van der Waals surface area contributed by atoms with Crippen LogP contribution in [0.3, 0.4) is 0 Å². The lowest BCUT2D eigenvalue weighted by molar-refractivity contribution is 0.195. The van der Waals surface area contributed by atoms with Crippen LogP contribution in [-0.4, -0.2) is 49.2 Å². The number of ether oxygens (including phenoxy) is 1. The van der Waals surface area contributed by atoms with Gasteiger partial charge in [0.2, 0.25) is 5.95 Å². The molecule has 0 radical (unpaired) electrons. The van der Waals surface area contributed by atoms with Crippen LogP contribution in [0.25, 0.3) is 27.3 Å². The number of benzene rings is 1. The van der Waals surface area contributed by atoms with Crippen LogP contribution in [0.2, 0.25) is 0 Å². The number of nitrogens with zero attached hydrogens (tertiary/aromatic N) is 6. The van der Waals surface area contributed by atoms with Crippen molar-refractivity contribution in [3.63, 3.8) is 0 Å². The normalized spacial score (nSPS) is 16.7. The Morgan fingerprint density at radius 2 is 2.11 bits per heavy atom. The van der Waals surface area contributed by atoms with E-state index in [-0.39, 0.29) is 6.04 Å². The summed E-state index contributed by atoms with van der Waals surface area (Å²) in [5.41, 5.74) is 2.68. The molecule has 1 aromatic carbocycles. The average Bonchev–Trinajstić information content (AvgIpc) is 3.44. The van der Waals surface area contributed by atoms with Gasteiger partial charge in [0.15, 0.2) is 5.65 Å². The molecule has 142 valence electrons. The van der Waals surface area contributed by atoms with E-state index in [9.17, 15) is 0 Å². The SMILES string of the molecule is Cc1nnc(-c2ccc(-n3nc(Br)c4cnc(NC5CCOC5)nc43)cc2)s1. The summed E-state index contributed by atoms with van der Waals surface area (Å²) < 4.78 is 7.93. The Labute approximate surface area is 173 Å². The maximum atomic E-state index is 5.41. The van der Waals surface area contributed by atoms with Gasteiger partial charge in [-0.05, 0) is 53.5 Å². The second-order valence-corrected chi connectivity index (χ2v) is 8.44. The molecule has 28 heavy (non-hydrogen) atoms. The van der Waals surface area contributed by atoms with Crippen molar-refractivity contribution in [2.45, 2.75) is 19.4 Å². The van der Waals surface area contributed by atoms with Crippen LogP contribution >= 0.6 is 27.3 Å². The highest BCUT2D eigenvalue weighted by Crippen LogP contribution is 2.28. The molecular formula is C18H16BrN7OS. The van der Waals surface area contributed by atoms with E-state index >= 15 is 0 Å². The number of aryl methyl sites for hydroxylation is 1. The van der Waals surface area contributed by atoms with Gasteiger partial charge >= 0.3 is 0 Å². The largest absolute Gasteiger partial charge is 0.379 e. The van der Waals surface area contributed by atoms with Gasteiger partial charge in [-0.1, -0.05) is 11.3 Å². The first-order valence-electron chi connectivity index (χ1n) is 8.84. The molecule has 3 aromatic heterocycles. The summed E-state index contributed by atoms with van der Waals surface area (Å²) in [5, 5.41) is 18.9. The number of hydrogen-bond acceptors (Lipinski definition) is 8. The van der Waals surface area contributed by atoms with Gasteiger partial charge in [-0.3, -0.25) is 0 Å². The fourth-order valence-corrected chi connectivity index (χ4v) is 4.24. The fourth-order valence-electron chi connectivity index (χ4n) is 3.11. The van der Waals surface area contributed by atoms with Gasteiger partial charge in [0, 0.05) is 18.4 Å². The van der Waals surface area contributed by atoms with Crippen LogP contribution in [0.15, 0.2) is 35.1 Å². The van der Waals surface area contributed by atoms with E-state index in [2.05, 4.69) is 41.5 Å². The molecule has 0 aliphatic carbocycles. The van der Waals surface area contributed by atoms with Gasteiger partial charge in [0.05, 0.1) is 23.7 Å². The predicted octanol–water partition coefficient (Wildman–Crippen LogP) is 3.61. The van der Waals surface area contributed by atoms with E-state index in [0.717, 1.165) is 45.3 Å². The predicted molar refractivity (Wildman–Crippen MR) is 111 cm³/mol. The van der Waals surface area contributed by atoms with Crippen molar-refractivity contribution >= 4 is 44.2 Å². The van der Waals surface area contributed by atoms with Gasteiger partial charge in [-0.15, -0.1) is 10.2 Å². The Morgan fingerprint density at radius 3 is 2.82 bits per heavy atom. The number of halogens is 1. The van der Waals surface area contributed by atoms with Crippen LogP contribution < -0.4 is 5.32 Å². The van der Waals surface area contributed by atoms with Crippen LogP contribution in [0.5, 0.6) is 0 Å². The van der Waals surface area contributed by atoms with Gasteiger partial charge < -0.3 is 10.1 Å². The number of anilines is 1. The van der Waals surface area contributed by atoms with Crippen molar-refractivity contribution in [3.05, 3.63) is 40.1 Å². The standard InChI is InChI=1S/C18H16BrN7OS/c1-10-23-24-17(28-10)11-2-4-13(5-3-11)26-16-14(15(19)25-26)8-20-18(22-16)21-12-6-7-27-9-12/h2-5,8,12H,6-7,9H2,1H3,(H,20,21,22). The molecule has 0 saturated carbocycles. The van der Waals surface area contributed by atoms with Crippen molar-refractivity contribution in [1.82, 2.24) is 29.9 Å². The first-order chi connectivity index (χ1) is 13.7. The third-order valence-corrected chi connectivity index (χ3v) is 6.00. The maximum absolute atomic E-state index is 5.41. The molecule has 4 heterocycles. The van der Waals surface area contributed by atoms with Crippen molar-refractivity contribution in [2.75, 3.05) is 18.5 Å². The van der Waals surface area contributed by atoms with Crippen LogP contribution in [-0.2, 0) is 4.74 Å². The Bertz CT molecular complexity index is 1130. The number of aromatic nitrogens is 6. The number of rotatable bonds is 4. The Morgan fingerprint density at radius 1 is 1.25 bits per heavy atom. The van der Waals surface area contributed by atoms with E-state index in [0.29, 0.717) is 17.2 Å². The minimum absolute atomic E-state index is 0.243. The Balaban J connectivity index is 1.50. The van der Waals surface area contributed by atoms with E-state index < -0.39 is 0 Å². The average molecular weight is 458 g/mol. The summed E-state index contributed by atoms with van der Waals surface area (Å²) in [6.07, 6.45) is 2.74. The van der Waals surface area contributed by atoms with E-state index in [1.165, 1.54) is 0 Å². The monoisotopic (exact) mass is 457 g/mol. The molecule has 1 saturated heterocycles. The minimum atomic E-state index is 0.243. The van der Waals surface area contributed by atoms with Gasteiger partial charge in [-0.2, -0.15) is 10.1 Å². The molecule has 4 aromatic rings. The molecular weight excluding hydrogens is 442 g/mol. The topological polar surface area (TPSA) is 90.6 Å². The molecule has 1 unspecified atom stereocenters. The smallest absolute Gasteiger partial charge is 0.225 e. The van der Waals surface area contributed by atoms with Crippen LogP contribution in [0, 0.1) is 6.92 Å². The quantitative estimate of drug-likeness (QED) is 0.500. The van der Waals surface area contributed by atoms with Crippen molar-refractivity contribution in [2.24, 2.45) is 0 Å². The highest BCUT2D eigenvalue weighted by molar-refractivity contribution is 9.10. The first-order valence-corrected chi connectivity index (χ1v) is 10.4. The molecule has 0 bridgehead atoms. The first kappa shape index (κ1) is 17.7. The Kier molecular flexibility index (Phi) is 4.53. The minimum Gasteiger partial charge on any atom is -0.379 e. The van der Waals surface area contributed by atoms with Crippen molar-refractivity contribution in [3.8, 4) is 16.3 Å². The highest BCUT2D eigenvalue weighted by Gasteiger charge is 2.18. The van der Waals surface area contributed by atoms with Crippen LogP contribution in [0.4, 0.5) is 5.95 Å². The second kappa shape index (κ2) is 7.19. The fraction of sp³-hybridized carbons (Fsp3) is 0.278.